The van der Waals surface area contributed by atoms with Gasteiger partial charge < -0.3 is 4.74 Å². The molecule has 3 aromatic rings. The molecule has 0 bridgehead atoms. The van der Waals surface area contributed by atoms with Crippen molar-refractivity contribution in [1.82, 2.24) is 0 Å². The van der Waals surface area contributed by atoms with E-state index < -0.39 is 18.4 Å². The van der Waals surface area contributed by atoms with Crippen molar-refractivity contribution in [3.8, 4) is 5.75 Å². The van der Waals surface area contributed by atoms with Crippen LogP contribution in [0.2, 0.25) is 14.8 Å². The fraction of sp³-hybridized carbons (Fsp3) is 0.486. The van der Waals surface area contributed by atoms with E-state index in [1.165, 1.54) is 67.2 Å². The standard InChI is InChI=1S/C34H41O4S.3CH3.Sn/c1-4-5-6-13-32(38-24-25-14-20-29(36-2)21-15-25)28-18-16-27(17-19-28)31-12-8-10-26(31)9-7-11-30-22-23-33(39-30)34(35)37-3;;;;/h14-23,26,32H,4-11,13,24H2,1-3H3;3*1H3;. The second-order valence-electron chi connectivity index (χ2n) is 12.8. The Morgan fingerprint density at radius 1 is 0.953 bits per heavy atom. The van der Waals surface area contributed by atoms with Crippen LogP contribution in [0.1, 0.15) is 95.6 Å². The molecule has 1 heterocycles. The van der Waals surface area contributed by atoms with E-state index >= 15 is 0 Å². The molecule has 232 valence electrons. The molecule has 0 aliphatic heterocycles. The van der Waals surface area contributed by atoms with Gasteiger partial charge in [-0.05, 0) is 0 Å². The van der Waals surface area contributed by atoms with Crippen molar-refractivity contribution >= 4 is 41.3 Å². The van der Waals surface area contributed by atoms with Crippen LogP contribution in [0.5, 0.6) is 5.75 Å². The number of ether oxygens (including phenoxy) is 3. The fourth-order valence-corrected chi connectivity index (χ4v) is 13.1. The number of carbonyl (C=O) groups excluding carboxylic acids is 1. The molecule has 0 radical (unpaired) electrons. The van der Waals surface area contributed by atoms with Gasteiger partial charge in [-0.2, -0.15) is 0 Å². The van der Waals surface area contributed by atoms with Crippen molar-refractivity contribution in [2.75, 3.05) is 14.2 Å². The van der Waals surface area contributed by atoms with Gasteiger partial charge in [-0.25, -0.2) is 0 Å². The Labute approximate surface area is 267 Å². The predicted octanol–water partition coefficient (Wildman–Crippen LogP) is 10.4. The van der Waals surface area contributed by atoms with Crippen molar-refractivity contribution in [2.45, 2.75) is 92.2 Å². The molecule has 0 saturated heterocycles. The topological polar surface area (TPSA) is 44.8 Å². The van der Waals surface area contributed by atoms with E-state index in [0.717, 1.165) is 25.0 Å². The van der Waals surface area contributed by atoms with Crippen molar-refractivity contribution in [1.29, 1.82) is 0 Å². The molecule has 4 nitrogen and oxygen atoms in total. The number of aryl methyl sites for hydroxylation is 1. The molecule has 2 unspecified atom stereocenters. The van der Waals surface area contributed by atoms with Gasteiger partial charge in [-0.15, -0.1) is 0 Å². The van der Waals surface area contributed by atoms with E-state index in [-0.39, 0.29) is 12.1 Å². The van der Waals surface area contributed by atoms with Crippen molar-refractivity contribution in [3.05, 3.63) is 90.7 Å². The Morgan fingerprint density at radius 3 is 2.35 bits per heavy atom. The fourth-order valence-electron chi connectivity index (χ4n) is 6.29. The third kappa shape index (κ3) is 9.45. The summed E-state index contributed by atoms with van der Waals surface area (Å²) in [6.45, 7) is 2.86. The zero-order chi connectivity index (χ0) is 30.8. The van der Waals surface area contributed by atoms with Gasteiger partial charge >= 0.3 is 251 Å². The van der Waals surface area contributed by atoms with Gasteiger partial charge in [-0.3, -0.25) is 0 Å². The van der Waals surface area contributed by atoms with E-state index in [1.807, 2.05) is 21.8 Å². The molecule has 1 aliphatic rings. The molecule has 1 aliphatic carbocycles. The molecule has 0 N–H and O–H groups in total. The molecular formula is C37H50O4SSn. The molecule has 0 spiro atoms. The first kappa shape index (κ1) is 33.8. The first-order chi connectivity index (χ1) is 20.7. The van der Waals surface area contributed by atoms with Gasteiger partial charge in [0.25, 0.3) is 0 Å². The molecule has 4 rings (SSSR count). The van der Waals surface area contributed by atoms with Crippen LogP contribution in [-0.2, 0) is 22.5 Å². The molecule has 2 atom stereocenters. The van der Waals surface area contributed by atoms with E-state index in [9.17, 15) is 4.79 Å². The molecule has 1 aromatic heterocycles. The minimum atomic E-state index is -2.26. The second-order valence-corrected chi connectivity index (χ2v) is 28.5. The molecule has 0 saturated carbocycles. The Bertz CT molecular complexity index is 1330. The molecule has 0 fully saturated rings. The van der Waals surface area contributed by atoms with Crippen LogP contribution in [0.3, 0.4) is 0 Å². The minimum absolute atomic E-state index is 0.0954. The molecule has 0 amide bonds. The zero-order valence-electron chi connectivity index (χ0n) is 27.0. The van der Waals surface area contributed by atoms with Gasteiger partial charge in [0.15, 0.2) is 0 Å². The second kappa shape index (κ2) is 16.3. The van der Waals surface area contributed by atoms with Gasteiger partial charge in [-0.1, -0.05) is 0 Å². The average Bonchev–Trinajstić information content (AvgIpc) is 3.67. The van der Waals surface area contributed by atoms with E-state index in [4.69, 9.17) is 14.2 Å². The van der Waals surface area contributed by atoms with Crippen LogP contribution in [-0.4, -0.2) is 38.6 Å². The van der Waals surface area contributed by atoms with Gasteiger partial charge in [0.05, 0.1) is 7.11 Å². The Kier molecular flexibility index (Phi) is 12.8. The summed E-state index contributed by atoms with van der Waals surface area (Å²) in [4.78, 5) is 21.5. The normalized spacial score (nSPS) is 16.0. The maximum absolute atomic E-state index is 11.9. The van der Waals surface area contributed by atoms with E-state index in [1.54, 1.807) is 24.0 Å². The number of rotatable bonds is 16. The van der Waals surface area contributed by atoms with Crippen molar-refractivity contribution in [2.24, 2.45) is 5.92 Å². The number of carbonyl (C=O) groups is 1. The number of methoxy groups -OCH3 is 2. The molecule has 6 heteroatoms. The Morgan fingerprint density at radius 2 is 1.70 bits per heavy atom. The van der Waals surface area contributed by atoms with Crippen LogP contribution in [0.15, 0.2) is 64.3 Å². The molecule has 2 aromatic carbocycles. The summed E-state index contributed by atoms with van der Waals surface area (Å²) in [5.41, 5.74) is 5.52. The van der Waals surface area contributed by atoms with Crippen molar-refractivity contribution in [3.63, 3.8) is 0 Å². The number of esters is 1. The van der Waals surface area contributed by atoms with Crippen molar-refractivity contribution < 1.29 is 19.0 Å². The van der Waals surface area contributed by atoms with Gasteiger partial charge in [0.2, 0.25) is 0 Å². The Balaban J connectivity index is 1.47. The van der Waals surface area contributed by atoms with Gasteiger partial charge in [0.1, 0.15) is 5.75 Å². The Hall–Kier alpha value is -2.09. The van der Waals surface area contributed by atoms with Crippen LogP contribution in [0, 0.1) is 5.92 Å². The summed E-state index contributed by atoms with van der Waals surface area (Å²) in [5.74, 6) is 1.25. The summed E-state index contributed by atoms with van der Waals surface area (Å²) in [7, 11) is 3.15. The zero-order valence-corrected chi connectivity index (χ0v) is 30.7. The summed E-state index contributed by atoms with van der Waals surface area (Å²) >= 11 is -0.691. The predicted molar refractivity (Wildman–Crippen MR) is 183 cm³/mol. The van der Waals surface area contributed by atoms with E-state index in [2.05, 4.69) is 64.2 Å². The summed E-state index contributed by atoms with van der Waals surface area (Å²) in [6.07, 6.45) is 10.6. The monoisotopic (exact) mass is 710 g/mol. The van der Waals surface area contributed by atoms with Gasteiger partial charge in [0, 0.05) is 0 Å². The number of allylic oxidation sites excluding steroid dienone is 2. The number of benzene rings is 2. The number of thiophene rings is 1. The third-order valence-electron chi connectivity index (χ3n) is 8.68. The van der Waals surface area contributed by atoms with E-state index in [0.29, 0.717) is 17.4 Å². The molecular weight excluding hydrogens is 659 g/mol. The SMILES string of the molecule is CCCCCC(OCc1ccc(OC)cc1)c1ccc(C2=[C]([Sn]([CH3])([CH3])[CH3])CCC2CCCc2ccc(C(=O)OC)s2)cc1. The number of hydrogen-bond acceptors (Lipinski definition) is 5. The number of unbranched alkanes of at least 4 members (excludes halogenated alkanes) is 2. The maximum atomic E-state index is 11.9. The average molecular weight is 710 g/mol. The summed E-state index contributed by atoms with van der Waals surface area (Å²) in [5, 5.41) is 0. The first-order valence-electron chi connectivity index (χ1n) is 16.0. The number of hydrogen-bond donors (Lipinski definition) is 0. The summed E-state index contributed by atoms with van der Waals surface area (Å²) < 4.78 is 18.6. The third-order valence-corrected chi connectivity index (χ3v) is 16.5. The van der Waals surface area contributed by atoms with Crippen LogP contribution in [0.4, 0.5) is 0 Å². The van der Waals surface area contributed by atoms with Crippen LogP contribution in [0.25, 0.3) is 5.57 Å². The van der Waals surface area contributed by atoms with Crippen LogP contribution < -0.4 is 4.74 Å². The molecule has 43 heavy (non-hydrogen) atoms. The summed E-state index contributed by atoms with van der Waals surface area (Å²) in [6, 6.07) is 21.6. The quantitative estimate of drug-likeness (QED) is 0.0844. The first-order valence-corrected chi connectivity index (χ1v) is 26.8. The van der Waals surface area contributed by atoms with Crippen LogP contribution >= 0.6 is 11.3 Å².